The number of rotatable bonds is 5. The lowest BCUT2D eigenvalue weighted by molar-refractivity contribution is -0.136. The smallest absolute Gasteiger partial charge is 0.319 e. The molecule has 0 radical (unpaired) electrons. The van der Waals surface area contributed by atoms with Crippen LogP contribution in [0.25, 0.3) is 0 Å². The first-order valence-corrected chi connectivity index (χ1v) is 11.3. The van der Waals surface area contributed by atoms with Crippen LogP contribution in [0.3, 0.4) is 0 Å². The number of anilines is 2. The van der Waals surface area contributed by atoms with E-state index in [1.54, 1.807) is 12.0 Å². The van der Waals surface area contributed by atoms with E-state index in [1.807, 2.05) is 60.4 Å². The number of benzene rings is 2. The highest BCUT2D eigenvalue weighted by atomic mass is 16.5. The molecule has 2 aliphatic rings. The van der Waals surface area contributed by atoms with E-state index in [-0.39, 0.29) is 36.2 Å². The second-order valence-electron chi connectivity index (χ2n) is 8.64. The SMILES string of the molecule is COc1ccc(C)cc1N1CC(C(=O)N2CCC(NC(=O)Nc3ccccc3)CC2)CC1=O. The number of piperidine rings is 1. The molecule has 2 aromatic rings. The summed E-state index contributed by atoms with van der Waals surface area (Å²) in [5.74, 6) is 0.201. The third kappa shape index (κ3) is 5.27. The van der Waals surface area contributed by atoms with Gasteiger partial charge in [0.2, 0.25) is 11.8 Å². The molecular weight excluding hydrogens is 420 g/mol. The zero-order chi connectivity index (χ0) is 23.4. The van der Waals surface area contributed by atoms with Crippen molar-refractivity contribution in [2.24, 2.45) is 5.92 Å². The molecule has 4 amide bonds. The Morgan fingerprint density at radius 2 is 1.79 bits per heavy atom. The number of likely N-dealkylation sites (tertiary alicyclic amines) is 1. The fourth-order valence-corrected chi connectivity index (χ4v) is 4.49. The lowest BCUT2D eigenvalue weighted by atomic mass is 10.0. The molecule has 0 aliphatic carbocycles. The molecule has 33 heavy (non-hydrogen) atoms. The van der Waals surface area contributed by atoms with Gasteiger partial charge in [-0.15, -0.1) is 0 Å². The molecule has 8 nitrogen and oxygen atoms in total. The quantitative estimate of drug-likeness (QED) is 0.732. The number of nitrogens with zero attached hydrogens (tertiary/aromatic N) is 2. The lowest BCUT2D eigenvalue weighted by Gasteiger charge is -2.33. The predicted molar refractivity (Wildman–Crippen MR) is 126 cm³/mol. The minimum atomic E-state index is -0.367. The zero-order valence-corrected chi connectivity index (χ0v) is 19.0. The summed E-state index contributed by atoms with van der Waals surface area (Å²) in [7, 11) is 1.58. The van der Waals surface area contributed by atoms with Crippen molar-refractivity contribution in [1.82, 2.24) is 10.2 Å². The van der Waals surface area contributed by atoms with E-state index in [9.17, 15) is 14.4 Å². The molecule has 2 fully saturated rings. The van der Waals surface area contributed by atoms with Crippen LogP contribution in [0.5, 0.6) is 5.75 Å². The van der Waals surface area contributed by atoms with E-state index in [0.717, 1.165) is 11.3 Å². The van der Waals surface area contributed by atoms with Gasteiger partial charge in [0.05, 0.1) is 18.7 Å². The molecular formula is C25H30N4O4. The van der Waals surface area contributed by atoms with Crippen molar-refractivity contribution in [3.63, 3.8) is 0 Å². The van der Waals surface area contributed by atoms with Crippen LogP contribution in [0.4, 0.5) is 16.2 Å². The summed E-state index contributed by atoms with van der Waals surface area (Å²) >= 11 is 0. The number of amides is 4. The molecule has 0 aromatic heterocycles. The van der Waals surface area contributed by atoms with E-state index < -0.39 is 0 Å². The van der Waals surface area contributed by atoms with Crippen molar-refractivity contribution in [2.75, 3.05) is 37.0 Å². The Hall–Kier alpha value is -3.55. The number of hydrogen-bond acceptors (Lipinski definition) is 4. The van der Waals surface area contributed by atoms with Gasteiger partial charge in [0, 0.05) is 37.8 Å². The summed E-state index contributed by atoms with van der Waals surface area (Å²) in [4.78, 5) is 41.6. The summed E-state index contributed by atoms with van der Waals surface area (Å²) in [5, 5.41) is 5.81. The molecule has 2 aliphatic heterocycles. The van der Waals surface area contributed by atoms with Crippen molar-refractivity contribution in [3.8, 4) is 5.75 Å². The van der Waals surface area contributed by atoms with Crippen LogP contribution in [-0.4, -0.2) is 55.5 Å². The molecule has 2 aromatic carbocycles. The minimum absolute atomic E-state index is 0.00431. The zero-order valence-electron chi connectivity index (χ0n) is 19.0. The topological polar surface area (TPSA) is 91.0 Å². The van der Waals surface area contributed by atoms with Crippen LogP contribution in [0, 0.1) is 12.8 Å². The fraction of sp³-hybridized carbons (Fsp3) is 0.400. The summed E-state index contributed by atoms with van der Waals surface area (Å²) in [6.07, 6.45) is 1.57. The van der Waals surface area contributed by atoms with Crippen molar-refractivity contribution in [2.45, 2.75) is 32.2 Å². The highest BCUT2D eigenvalue weighted by molar-refractivity contribution is 6.01. The number of carbonyl (C=O) groups is 3. The highest BCUT2D eigenvalue weighted by Crippen LogP contribution is 2.34. The van der Waals surface area contributed by atoms with Crippen LogP contribution in [0.1, 0.15) is 24.8 Å². The molecule has 0 bridgehead atoms. The van der Waals surface area contributed by atoms with Gasteiger partial charge in [0.25, 0.3) is 0 Å². The van der Waals surface area contributed by atoms with Crippen LogP contribution in [0.2, 0.25) is 0 Å². The lowest BCUT2D eigenvalue weighted by Crippen LogP contribution is -2.49. The van der Waals surface area contributed by atoms with Gasteiger partial charge in [-0.3, -0.25) is 9.59 Å². The van der Waals surface area contributed by atoms with E-state index in [4.69, 9.17) is 4.74 Å². The number of carbonyl (C=O) groups excluding carboxylic acids is 3. The Labute approximate surface area is 193 Å². The third-order valence-electron chi connectivity index (χ3n) is 6.27. The van der Waals surface area contributed by atoms with Gasteiger partial charge in [0.1, 0.15) is 5.75 Å². The van der Waals surface area contributed by atoms with Crippen molar-refractivity contribution >= 4 is 29.2 Å². The molecule has 0 spiro atoms. The number of methoxy groups -OCH3 is 1. The largest absolute Gasteiger partial charge is 0.495 e. The molecule has 4 rings (SSSR count). The highest BCUT2D eigenvalue weighted by Gasteiger charge is 2.39. The summed E-state index contributed by atoms with van der Waals surface area (Å²) in [6.45, 7) is 3.45. The Morgan fingerprint density at radius 1 is 1.06 bits per heavy atom. The summed E-state index contributed by atoms with van der Waals surface area (Å²) in [5.41, 5.74) is 2.48. The van der Waals surface area contributed by atoms with E-state index >= 15 is 0 Å². The average molecular weight is 451 g/mol. The number of para-hydroxylation sites is 1. The molecule has 8 heteroatoms. The molecule has 0 saturated carbocycles. The van der Waals surface area contributed by atoms with Crippen LogP contribution in [-0.2, 0) is 9.59 Å². The number of ether oxygens (including phenoxy) is 1. The first-order valence-electron chi connectivity index (χ1n) is 11.3. The molecule has 1 unspecified atom stereocenters. The fourth-order valence-electron chi connectivity index (χ4n) is 4.49. The van der Waals surface area contributed by atoms with Gasteiger partial charge < -0.3 is 25.2 Å². The van der Waals surface area contributed by atoms with Crippen LogP contribution >= 0.6 is 0 Å². The number of urea groups is 1. The Morgan fingerprint density at radius 3 is 2.48 bits per heavy atom. The van der Waals surface area contributed by atoms with Crippen molar-refractivity contribution in [1.29, 1.82) is 0 Å². The summed E-state index contributed by atoms with van der Waals surface area (Å²) in [6, 6.07) is 14.8. The first kappa shape index (κ1) is 22.6. The van der Waals surface area contributed by atoms with Crippen molar-refractivity contribution < 1.29 is 19.1 Å². The molecule has 1 atom stereocenters. The Bertz CT molecular complexity index is 1020. The maximum Gasteiger partial charge on any atom is 0.319 e. The van der Waals surface area contributed by atoms with Crippen molar-refractivity contribution in [3.05, 3.63) is 54.1 Å². The number of aryl methyl sites for hydroxylation is 1. The molecule has 2 N–H and O–H groups in total. The number of nitrogens with one attached hydrogen (secondary N) is 2. The maximum atomic E-state index is 13.1. The molecule has 2 saturated heterocycles. The second-order valence-corrected chi connectivity index (χ2v) is 8.64. The van der Waals surface area contributed by atoms with Gasteiger partial charge in [-0.05, 0) is 49.6 Å². The third-order valence-corrected chi connectivity index (χ3v) is 6.27. The van der Waals surface area contributed by atoms with Gasteiger partial charge >= 0.3 is 6.03 Å². The first-order chi connectivity index (χ1) is 15.9. The average Bonchev–Trinajstić information content (AvgIpc) is 3.21. The van der Waals surface area contributed by atoms with Crippen LogP contribution < -0.4 is 20.3 Å². The normalized spacial score (nSPS) is 18.8. The molecule has 2 heterocycles. The van der Waals surface area contributed by atoms with Gasteiger partial charge in [-0.2, -0.15) is 0 Å². The Balaban J connectivity index is 1.30. The van der Waals surface area contributed by atoms with Gasteiger partial charge in [0.15, 0.2) is 0 Å². The predicted octanol–water partition coefficient (Wildman–Crippen LogP) is 3.17. The van der Waals surface area contributed by atoms with E-state index in [2.05, 4.69) is 10.6 Å². The van der Waals surface area contributed by atoms with E-state index in [0.29, 0.717) is 43.9 Å². The van der Waals surface area contributed by atoms with Crippen LogP contribution in [0.15, 0.2) is 48.5 Å². The standard InChI is InChI=1S/C25H30N4O4/c1-17-8-9-22(33-2)21(14-17)29-16-18(15-23(29)30)24(31)28-12-10-20(11-13-28)27-25(32)26-19-6-4-3-5-7-19/h3-9,14,18,20H,10-13,15-16H2,1-2H3,(H2,26,27,32). The minimum Gasteiger partial charge on any atom is -0.495 e. The van der Waals surface area contributed by atoms with Gasteiger partial charge in [-0.25, -0.2) is 4.79 Å². The second kappa shape index (κ2) is 9.94. The number of hydrogen-bond donors (Lipinski definition) is 2. The maximum absolute atomic E-state index is 13.1. The van der Waals surface area contributed by atoms with E-state index in [1.165, 1.54) is 0 Å². The Kier molecular flexibility index (Phi) is 6.82. The van der Waals surface area contributed by atoms with Gasteiger partial charge in [-0.1, -0.05) is 24.3 Å². The monoisotopic (exact) mass is 450 g/mol. The molecule has 174 valence electrons. The summed E-state index contributed by atoms with van der Waals surface area (Å²) < 4.78 is 5.43.